The summed E-state index contributed by atoms with van der Waals surface area (Å²) in [5, 5.41) is 0. The summed E-state index contributed by atoms with van der Waals surface area (Å²) in [5.74, 6) is 0.684. The molecule has 2 unspecified atom stereocenters. The Morgan fingerprint density at radius 3 is 2.20 bits per heavy atom. The van der Waals surface area contributed by atoms with Crippen LogP contribution in [0.2, 0.25) is 0 Å². The van der Waals surface area contributed by atoms with Crippen molar-refractivity contribution in [3.8, 4) is 0 Å². The van der Waals surface area contributed by atoms with E-state index in [0.717, 1.165) is 6.61 Å². The molecule has 0 spiro atoms. The van der Waals surface area contributed by atoms with Crippen LogP contribution in [-0.2, 0) is 4.74 Å². The average molecular weight is 214 g/mol. The number of hydrogen-bond acceptors (Lipinski definition) is 1. The molecule has 15 heavy (non-hydrogen) atoms. The van der Waals surface area contributed by atoms with E-state index in [4.69, 9.17) is 4.74 Å². The lowest BCUT2D eigenvalue weighted by atomic mass is 9.85. The highest BCUT2D eigenvalue weighted by molar-refractivity contribution is 4.66. The van der Waals surface area contributed by atoms with Crippen LogP contribution in [0.25, 0.3) is 0 Å². The molecule has 0 radical (unpaired) electrons. The number of rotatable bonds is 8. The van der Waals surface area contributed by atoms with Gasteiger partial charge in [0, 0.05) is 6.61 Å². The minimum Gasteiger partial charge on any atom is -0.378 e. The first-order valence-electron chi connectivity index (χ1n) is 6.54. The van der Waals surface area contributed by atoms with Gasteiger partial charge in [-0.2, -0.15) is 0 Å². The van der Waals surface area contributed by atoms with Gasteiger partial charge in [-0.15, -0.1) is 0 Å². The minimum atomic E-state index is 0.416. The Hall–Kier alpha value is -0.0400. The Labute approximate surface area is 96.6 Å². The molecule has 0 rings (SSSR count). The summed E-state index contributed by atoms with van der Waals surface area (Å²) in [4.78, 5) is 0. The summed E-state index contributed by atoms with van der Waals surface area (Å²) in [6, 6.07) is 0. The molecule has 0 bridgehead atoms. The predicted molar refractivity (Wildman–Crippen MR) is 68.2 cm³/mol. The van der Waals surface area contributed by atoms with Crippen molar-refractivity contribution >= 4 is 0 Å². The minimum absolute atomic E-state index is 0.416. The molecule has 0 aliphatic heterocycles. The molecule has 0 aliphatic carbocycles. The molecule has 92 valence electrons. The van der Waals surface area contributed by atoms with Gasteiger partial charge < -0.3 is 4.74 Å². The maximum Gasteiger partial charge on any atom is 0.0572 e. The van der Waals surface area contributed by atoms with E-state index in [0.29, 0.717) is 17.4 Å². The quantitative estimate of drug-likeness (QED) is 0.534. The van der Waals surface area contributed by atoms with Crippen LogP contribution in [-0.4, -0.2) is 12.7 Å². The van der Waals surface area contributed by atoms with E-state index in [-0.39, 0.29) is 0 Å². The summed E-state index contributed by atoms with van der Waals surface area (Å²) >= 11 is 0. The number of ether oxygens (including phenoxy) is 1. The summed E-state index contributed by atoms with van der Waals surface area (Å²) in [6.07, 6.45) is 5.35. The van der Waals surface area contributed by atoms with Gasteiger partial charge in [-0.25, -0.2) is 0 Å². The largest absolute Gasteiger partial charge is 0.378 e. The molecule has 0 amide bonds. The Bertz CT molecular complexity index is 151. The molecule has 0 fully saturated rings. The van der Waals surface area contributed by atoms with Crippen LogP contribution in [0, 0.1) is 11.3 Å². The van der Waals surface area contributed by atoms with E-state index in [1.54, 1.807) is 0 Å². The first-order chi connectivity index (χ1) is 6.93. The van der Waals surface area contributed by atoms with E-state index in [2.05, 4.69) is 41.5 Å². The van der Waals surface area contributed by atoms with E-state index in [1.807, 2.05) is 0 Å². The van der Waals surface area contributed by atoms with E-state index >= 15 is 0 Å². The molecule has 1 heteroatoms. The smallest absolute Gasteiger partial charge is 0.0572 e. The van der Waals surface area contributed by atoms with Gasteiger partial charge in [0.2, 0.25) is 0 Å². The van der Waals surface area contributed by atoms with Gasteiger partial charge in [0.25, 0.3) is 0 Å². The van der Waals surface area contributed by atoms with E-state index in [1.165, 1.54) is 25.7 Å². The number of hydrogen-bond donors (Lipinski definition) is 0. The van der Waals surface area contributed by atoms with Gasteiger partial charge >= 0.3 is 0 Å². The van der Waals surface area contributed by atoms with Crippen molar-refractivity contribution in [3.63, 3.8) is 0 Å². The Balaban J connectivity index is 3.54. The molecular weight excluding hydrogens is 184 g/mol. The topological polar surface area (TPSA) is 9.23 Å². The standard InChI is InChI=1S/C14H30O/c1-7-12(3)13(4)15-11-9-10-14(5,6)8-2/h12-13H,7-11H2,1-6H3. The average Bonchev–Trinajstić information content (AvgIpc) is 2.22. The molecule has 0 N–H and O–H groups in total. The zero-order valence-corrected chi connectivity index (χ0v) is 11.6. The van der Waals surface area contributed by atoms with Crippen molar-refractivity contribution in [2.24, 2.45) is 11.3 Å². The highest BCUT2D eigenvalue weighted by atomic mass is 16.5. The Kier molecular flexibility index (Phi) is 7.25. The molecule has 0 saturated heterocycles. The molecule has 1 nitrogen and oxygen atoms in total. The molecule has 0 aromatic heterocycles. The third kappa shape index (κ3) is 6.94. The molecule has 0 heterocycles. The third-order valence-electron chi connectivity index (χ3n) is 3.78. The van der Waals surface area contributed by atoms with Crippen molar-refractivity contribution in [1.82, 2.24) is 0 Å². The molecule has 0 aromatic carbocycles. The van der Waals surface area contributed by atoms with Crippen LogP contribution < -0.4 is 0 Å². The molecular formula is C14H30O. The van der Waals surface area contributed by atoms with Crippen molar-refractivity contribution in [1.29, 1.82) is 0 Å². The van der Waals surface area contributed by atoms with Crippen LogP contribution >= 0.6 is 0 Å². The maximum absolute atomic E-state index is 5.83. The zero-order chi connectivity index (χ0) is 11.9. The van der Waals surface area contributed by atoms with Gasteiger partial charge in [0.1, 0.15) is 0 Å². The van der Waals surface area contributed by atoms with Crippen molar-refractivity contribution in [2.45, 2.75) is 73.3 Å². The Morgan fingerprint density at radius 1 is 1.13 bits per heavy atom. The van der Waals surface area contributed by atoms with Crippen LogP contribution in [0.1, 0.15) is 67.2 Å². The second kappa shape index (κ2) is 7.27. The van der Waals surface area contributed by atoms with Gasteiger partial charge in [-0.05, 0) is 31.1 Å². The van der Waals surface area contributed by atoms with Crippen molar-refractivity contribution in [2.75, 3.05) is 6.61 Å². The summed E-state index contributed by atoms with van der Waals surface area (Å²) < 4.78 is 5.83. The third-order valence-corrected chi connectivity index (χ3v) is 3.78. The SMILES string of the molecule is CCC(C)C(C)OCCCC(C)(C)CC. The first-order valence-corrected chi connectivity index (χ1v) is 6.54. The van der Waals surface area contributed by atoms with Crippen molar-refractivity contribution < 1.29 is 4.74 Å². The molecule has 0 aliphatic rings. The van der Waals surface area contributed by atoms with Gasteiger partial charge in [0.15, 0.2) is 0 Å². The van der Waals surface area contributed by atoms with Gasteiger partial charge in [-0.3, -0.25) is 0 Å². The normalized spacial score (nSPS) is 16.4. The van der Waals surface area contributed by atoms with Gasteiger partial charge in [-0.1, -0.05) is 47.5 Å². The van der Waals surface area contributed by atoms with E-state index in [9.17, 15) is 0 Å². The van der Waals surface area contributed by atoms with Crippen LogP contribution in [0.5, 0.6) is 0 Å². The van der Waals surface area contributed by atoms with Crippen LogP contribution in [0.15, 0.2) is 0 Å². The predicted octanol–water partition coefficient (Wildman–Crippen LogP) is 4.65. The molecule has 0 aromatic rings. The highest BCUT2D eigenvalue weighted by Crippen LogP contribution is 2.26. The molecule has 2 atom stereocenters. The van der Waals surface area contributed by atoms with E-state index < -0.39 is 0 Å². The fraction of sp³-hybridized carbons (Fsp3) is 1.00. The maximum atomic E-state index is 5.83. The monoisotopic (exact) mass is 214 g/mol. The zero-order valence-electron chi connectivity index (χ0n) is 11.6. The lowest BCUT2D eigenvalue weighted by molar-refractivity contribution is 0.0234. The summed E-state index contributed by atoms with van der Waals surface area (Å²) in [7, 11) is 0. The fourth-order valence-electron chi connectivity index (χ4n) is 1.49. The lowest BCUT2D eigenvalue weighted by Crippen LogP contribution is -2.19. The summed E-state index contributed by atoms with van der Waals surface area (Å²) in [5.41, 5.74) is 0.489. The first kappa shape index (κ1) is 15.0. The second-order valence-electron chi connectivity index (χ2n) is 5.58. The highest BCUT2D eigenvalue weighted by Gasteiger charge is 2.15. The van der Waals surface area contributed by atoms with Crippen molar-refractivity contribution in [3.05, 3.63) is 0 Å². The second-order valence-corrected chi connectivity index (χ2v) is 5.58. The summed E-state index contributed by atoms with van der Waals surface area (Å²) in [6.45, 7) is 14.6. The van der Waals surface area contributed by atoms with Crippen LogP contribution in [0.3, 0.4) is 0 Å². The van der Waals surface area contributed by atoms with Crippen LogP contribution in [0.4, 0.5) is 0 Å². The fourth-order valence-corrected chi connectivity index (χ4v) is 1.49. The van der Waals surface area contributed by atoms with Gasteiger partial charge in [0.05, 0.1) is 6.10 Å². The lowest BCUT2D eigenvalue weighted by Gasteiger charge is -2.24. The Morgan fingerprint density at radius 2 is 1.73 bits per heavy atom. The molecule has 0 saturated carbocycles.